The normalized spacial score (nSPS) is 11.8. The van der Waals surface area contributed by atoms with Crippen LogP contribution < -0.4 is 5.32 Å². The largest absolute Gasteiger partial charge is 0.352 e. The maximum absolute atomic E-state index is 11.6. The van der Waals surface area contributed by atoms with E-state index in [0.717, 1.165) is 12.8 Å². The lowest BCUT2D eigenvalue weighted by Gasteiger charge is -2.12. The SMILES string of the molecule is CCCC(C)NC(=O)Cn1ccnc1C#N. The van der Waals surface area contributed by atoms with Crippen LogP contribution in [0.3, 0.4) is 0 Å². The fourth-order valence-electron chi connectivity index (χ4n) is 1.53. The zero-order valence-electron chi connectivity index (χ0n) is 9.60. The minimum absolute atomic E-state index is 0.0875. The summed E-state index contributed by atoms with van der Waals surface area (Å²) in [5.74, 6) is 0.175. The van der Waals surface area contributed by atoms with E-state index in [2.05, 4.69) is 17.2 Å². The Bertz CT molecular complexity index is 391. The Morgan fingerprint density at radius 1 is 1.75 bits per heavy atom. The second kappa shape index (κ2) is 5.91. The van der Waals surface area contributed by atoms with Crippen molar-refractivity contribution in [2.75, 3.05) is 0 Å². The fourth-order valence-corrected chi connectivity index (χ4v) is 1.53. The molecule has 0 aliphatic carbocycles. The van der Waals surface area contributed by atoms with Crippen LogP contribution in [0, 0.1) is 11.3 Å². The molecule has 1 aromatic rings. The van der Waals surface area contributed by atoms with Crippen LogP contribution in [0.15, 0.2) is 12.4 Å². The first-order valence-electron chi connectivity index (χ1n) is 5.38. The molecule has 16 heavy (non-hydrogen) atoms. The molecule has 0 aliphatic heterocycles. The number of nitrogens with one attached hydrogen (secondary N) is 1. The van der Waals surface area contributed by atoms with E-state index < -0.39 is 0 Å². The predicted molar refractivity (Wildman–Crippen MR) is 59.5 cm³/mol. The number of hydrogen-bond acceptors (Lipinski definition) is 3. The zero-order valence-corrected chi connectivity index (χ0v) is 9.60. The Morgan fingerprint density at radius 3 is 3.12 bits per heavy atom. The van der Waals surface area contributed by atoms with Crippen LogP contribution in [0.1, 0.15) is 32.5 Å². The van der Waals surface area contributed by atoms with E-state index in [1.165, 1.54) is 10.8 Å². The fraction of sp³-hybridized carbons (Fsp3) is 0.545. The van der Waals surface area contributed by atoms with Gasteiger partial charge in [0, 0.05) is 18.4 Å². The summed E-state index contributed by atoms with van der Waals surface area (Å²) in [5, 5.41) is 11.6. The summed E-state index contributed by atoms with van der Waals surface area (Å²) in [7, 11) is 0. The van der Waals surface area contributed by atoms with Gasteiger partial charge in [-0.05, 0) is 13.3 Å². The molecule has 1 amide bonds. The van der Waals surface area contributed by atoms with E-state index in [0.29, 0.717) is 0 Å². The molecular formula is C11H16N4O. The average Bonchev–Trinajstić information content (AvgIpc) is 2.65. The van der Waals surface area contributed by atoms with E-state index in [4.69, 9.17) is 5.26 Å². The van der Waals surface area contributed by atoms with Crippen LogP contribution in [0.5, 0.6) is 0 Å². The third kappa shape index (κ3) is 3.39. The molecule has 0 aromatic carbocycles. The third-order valence-corrected chi connectivity index (χ3v) is 2.26. The van der Waals surface area contributed by atoms with Gasteiger partial charge in [0.1, 0.15) is 12.6 Å². The van der Waals surface area contributed by atoms with E-state index in [1.54, 1.807) is 6.20 Å². The minimum Gasteiger partial charge on any atom is -0.352 e. The Balaban J connectivity index is 2.49. The molecule has 1 heterocycles. The second-order valence-corrected chi connectivity index (χ2v) is 3.75. The van der Waals surface area contributed by atoms with Crippen molar-refractivity contribution in [3.63, 3.8) is 0 Å². The highest BCUT2D eigenvalue weighted by Gasteiger charge is 2.09. The van der Waals surface area contributed by atoms with Crippen LogP contribution in [-0.2, 0) is 11.3 Å². The Labute approximate surface area is 95.1 Å². The molecule has 5 heteroatoms. The first-order valence-corrected chi connectivity index (χ1v) is 5.38. The van der Waals surface area contributed by atoms with Crippen molar-refractivity contribution < 1.29 is 4.79 Å². The van der Waals surface area contributed by atoms with Gasteiger partial charge in [0.25, 0.3) is 0 Å². The lowest BCUT2D eigenvalue weighted by Crippen LogP contribution is -2.35. The van der Waals surface area contributed by atoms with E-state index in [-0.39, 0.29) is 24.3 Å². The molecule has 0 radical (unpaired) electrons. The van der Waals surface area contributed by atoms with Gasteiger partial charge in [-0.1, -0.05) is 13.3 Å². The number of carbonyl (C=O) groups is 1. The average molecular weight is 220 g/mol. The summed E-state index contributed by atoms with van der Waals surface area (Å²) >= 11 is 0. The topological polar surface area (TPSA) is 70.7 Å². The summed E-state index contributed by atoms with van der Waals surface area (Å²) in [6.45, 7) is 4.20. The highest BCUT2D eigenvalue weighted by Crippen LogP contribution is 1.98. The molecule has 0 spiro atoms. The molecule has 1 unspecified atom stereocenters. The number of rotatable bonds is 5. The maximum atomic E-state index is 11.6. The molecule has 86 valence electrons. The molecule has 0 saturated carbocycles. The van der Waals surface area contributed by atoms with Crippen molar-refractivity contribution in [2.24, 2.45) is 0 Å². The Kier molecular flexibility index (Phi) is 4.52. The van der Waals surface area contributed by atoms with Crippen molar-refractivity contribution >= 4 is 5.91 Å². The second-order valence-electron chi connectivity index (χ2n) is 3.75. The molecule has 1 atom stereocenters. The first kappa shape index (κ1) is 12.2. The predicted octanol–water partition coefficient (Wildman–Crippen LogP) is 1.06. The standard InChI is InChI=1S/C11H16N4O/c1-3-4-9(2)14-11(16)8-15-6-5-13-10(15)7-12/h5-6,9H,3-4,8H2,1-2H3,(H,14,16). The monoisotopic (exact) mass is 220 g/mol. The van der Waals surface area contributed by atoms with Crippen LogP contribution in [0.2, 0.25) is 0 Å². The van der Waals surface area contributed by atoms with Gasteiger partial charge in [0.2, 0.25) is 11.7 Å². The lowest BCUT2D eigenvalue weighted by molar-refractivity contribution is -0.122. The molecule has 1 N–H and O–H groups in total. The molecule has 0 saturated heterocycles. The number of nitrogens with zero attached hydrogens (tertiary/aromatic N) is 3. The van der Waals surface area contributed by atoms with Crippen molar-refractivity contribution in [2.45, 2.75) is 39.3 Å². The number of aromatic nitrogens is 2. The van der Waals surface area contributed by atoms with Gasteiger partial charge >= 0.3 is 0 Å². The van der Waals surface area contributed by atoms with Gasteiger partial charge < -0.3 is 9.88 Å². The van der Waals surface area contributed by atoms with E-state index in [9.17, 15) is 4.79 Å². The van der Waals surface area contributed by atoms with E-state index in [1.807, 2.05) is 13.0 Å². The summed E-state index contributed by atoms with van der Waals surface area (Å²) in [4.78, 5) is 15.4. The summed E-state index contributed by atoms with van der Waals surface area (Å²) < 4.78 is 1.54. The number of amides is 1. The highest BCUT2D eigenvalue weighted by atomic mass is 16.2. The smallest absolute Gasteiger partial charge is 0.240 e. The lowest BCUT2D eigenvalue weighted by atomic mass is 10.2. The Hall–Kier alpha value is -1.83. The molecule has 0 bridgehead atoms. The van der Waals surface area contributed by atoms with Gasteiger partial charge in [-0.3, -0.25) is 4.79 Å². The quantitative estimate of drug-likeness (QED) is 0.806. The Morgan fingerprint density at radius 2 is 2.50 bits per heavy atom. The maximum Gasteiger partial charge on any atom is 0.240 e. The van der Waals surface area contributed by atoms with Crippen LogP contribution in [-0.4, -0.2) is 21.5 Å². The summed E-state index contributed by atoms with van der Waals surface area (Å²) in [6, 6.07) is 2.10. The number of imidazole rings is 1. The summed E-state index contributed by atoms with van der Waals surface area (Å²) in [6.07, 6.45) is 5.14. The van der Waals surface area contributed by atoms with Gasteiger partial charge in [0.05, 0.1) is 0 Å². The van der Waals surface area contributed by atoms with Crippen molar-refractivity contribution in [1.82, 2.24) is 14.9 Å². The third-order valence-electron chi connectivity index (χ3n) is 2.26. The van der Waals surface area contributed by atoms with Crippen LogP contribution in [0.25, 0.3) is 0 Å². The number of hydrogen-bond donors (Lipinski definition) is 1. The molecule has 0 fully saturated rings. The molecule has 1 aromatic heterocycles. The van der Waals surface area contributed by atoms with E-state index >= 15 is 0 Å². The molecular weight excluding hydrogens is 204 g/mol. The van der Waals surface area contributed by atoms with Crippen molar-refractivity contribution in [3.05, 3.63) is 18.2 Å². The van der Waals surface area contributed by atoms with Crippen LogP contribution in [0.4, 0.5) is 0 Å². The number of nitriles is 1. The first-order chi connectivity index (χ1) is 7.67. The van der Waals surface area contributed by atoms with Crippen molar-refractivity contribution in [3.8, 4) is 6.07 Å². The summed E-state index contributed by atoms with van der Waals surface area (Å²) in [5.41, 5.74) is 0. The molecule has 0 aliphatic rings. The van der Waals surface area contributed by atoms with Crippen LogP contribution >= 0.6 is 0 Å². The van der Waals surface area contributed by atoms with Gasteiger partial charge in [-0.2, -0.15) is 5.26 Å². The molecule has 1 rings (SSSR count). The molecule has 5 nitrogen and oxygen atoms in total. The van der Waals surface area contributed by atoms with Gasteiger partial charge in [-0.15, -0.1) is 0 Å². The zero-order chi connectivity index (χ0) is 12.0. The highest BCUT2D eigenvalue weighted by molar-refractivity contribution is 5.76. The van der Waals surface area contributed by atoms with Gasteiger partial charge in [-0.25, -0.2) is 4.98 Å². The minimum atomic E-state index is -0.0875. The van der Waals surface area contributed by atoms with Crippen molar-refractivity contribution in [1.29, 1.82) is 5.26 Å². The van der Waals surface area contributed by atoms with Gasteiger partial charge in [0.15, 0.2) is 0 Å². The number of carbonyl (C=O) groups excluding carboxylic acids is 1.